The van der Waals surface area contributed by atoms with E-state index in [1.165, 1.54) is 12.8 Å². The number of ether oxygens (including phenoxy) is 1. The van der Waals surface area contributed by atoms with Gasteiger partial charge >= 0.3 is 6.18 Å². The first-order valence-corrected chi connectivity index (χ1v) is 6.91. The highest BCUT2D eigenvalue weighted by Gasteiger charge is 2.30. The quantitative estimate of drug-likeness (QED) is 0.612. The third-order valence-electron chi connectivity index (χ3n) is 3.23. The lowest BCUT2D eigenvalue weighted by Crippen LogP contribution is -2.30. The largest absolute Gasteiger partial charge is 0.411 e. The second-order valence-corrected chi connectivity index (χ2v) is 5.02. The minimum absolute atomic E-state index is 0.217. The molecule has 1 fully saturated rings. The van der Waals surface area contributed by atoms with E-state index in [1.54, 1.807) is 0 Å². The summed E-state index contributed by atoms with van der Waals surface area (Å²) in [7, 11) is 0. The number of hydrogen-bond acceptors (Lipinski definition) is 2. The molecule has 0 aromatic rings. The van der Waals surface area contributed by atoms with Crippen molar-refractivity contribution >= 4 is 0 Å². The molecule has 0 amide bonds. The average molecular weight is 267 g/mol. The molecule has 0 aliphatic heterocycles. The SMILES string of the molecule is CCNC(CCCCCOCC(F)(F)F)C1CC1. The summed E-state index contributed by atoms with van der Waals surface area (Å²) in [6, 6.07) is 0.617. The fourth-order valence-corrected chi connectivity index (χ4v) is 2.20. The molecule has 1 unspecified atom stereocenters. The van der Waals surface area contributed by atoms with Crippen LogP contribution in [0.15, 0.2) is 0 Å². The summed E-state index contributed by atoms with van der Waals surface area (Å²) in [6.45, 7) is 2.21. The van der Waals surface area contributed by atoms with Gasteiger partial charge in [0.25, 0.3) is 0 Å². The fourth-order valence-electron chi connectivity index (χ4n) is 2.20. The van der Waals surface area contributed by atoms with Gasteiger partial charge in [-0.15, -0.1) is 0 Å². The van der Waals surface area contributed by atoms with Gasteiger partial charge in [0, 0.05) is 12.6 Å². The zero-order valence-corrected chi connectivity index (χ0v) is 11.1. The lowest BCUT2D eigenvalue weighted by molar-refractivity contribution is -0.174. The van der Waals surface area contributed by atoms with Gasteiger partial charge in [0.15, 0.2) is 0 Å². The zero-order chi connectivity index (χ0) is 13.4. The van der Waals surface area contributed by atoms with Gasteiger partial charge in [-0.1, -0.05) is 19.8 Å². The highest BCUT2D eigenvalue weighted by atomic mass is 19.4. The Kier molecular flexibility index (Phi) is 7.00. The van der Waals surface area contributed by atoms with Crippen molar-refractivity contribution in [2.24, 2.45) is 5.92 Å². The minimum atomic E-state index is -4.19. The van der Waals surface area contributed by atoms with E-state index in [2.05, 4.69) is 17.0 Å². The van der Waals surface area contributed by atoms with Gasteiger partial charge in [0.05, 0.1) is 0 Å². The van der Waals surface area contributed by atoms with Crippen LogP contribution >= 0.6 is 0 Å². The monoisotopic (exact) mass is 267 g/mol. The second-order valence-electron chi connectivity index (χ2n) is 5.02. The van der Waals surface area contributed by atoms with Gasteiger partial charge in [0.2, 0.25) is 0 Å². The molecule has 2 nitrogen and oxygen atoms in total. The predicted octanol–water partition coefficient (Wildman–Crippen LogP) is 3.51. The first-order chi connectivity index (χ1) is 8.53. The van der Waals surface area contributed by atoms with Crippen LogP contribution < -0.4 is 5.32 Å². The predicted molar refractivity (Wildman–Crippen MR) is 65.5 cm³/mol. The van der Waals surface area contributed by atoms with E-state index >= 15 is 0 Å². The molecule has 0 radical (unpaired) electrons. The molecule has 0 spiro atoms. The normalized spacial score (nSPS) is 18.0. The molecule has 1 atom stereocenters. The number of hydrogen-bond donors (Lipinski definition) is 1. The van der Waals surface area contributed by atoms with Crippen molar-refractivity contribution in [1.82, 2.24) is 5.32 Å². The van der Waals surface area contributed by atoms with Crippen molar-refractivity contribution in [3.63, 3.8) is 0 Å². The van der Waals surface area contributed by atoms with E-state index in [9.17, 15) is 13.2 Å². The fraction of sp³-hybridized carbons (Fsp3) is 1.00. The molecule has 1 N–H and O–H groups in total. The lowest BCUT2D eigenvalue weighted by Gasteiger charge is -2.16. The summed E-state index contributed by atoms with van der Waals surface area (Å²) in [4.78, 5) is 0. The molecule has 1 saturated carbocycles. The smallest absolute Gasteiger partial charge is 0.372 e. The van der Waals surface area contributed by atoms with Gasteiger partial charge in [-0.05, 0) is 38.1 Å². The maximum Gasteiger partial charge on any atom is 0.411 e. The van der Waals surface area contributed by atoms with Crippen molar-refractivity contribution in [1.29, 1.82) is 0 Å². The zero-order valence-electron chi connectivity index (χ0n) is 11.1. The van der Waals surface area contributed by atoms with Crippen LogP contribution in [0.25, 0.3) is 0 Å². The van der Waals surface area contributed by atoms with Gasteiger partial charge in [-0.25, -0.2) is 0 Å². The number of unbranched alkanes of at least 4 members (excludes halogenated alkanes) is 2. The lowest BCUT2D eigenvalue weighted by atomic mass is 10.0. The summed E-state index contributed by atoms with van der Waals surface area (Å²) in [5, 5.41) is 3.49. The van der Waals surface area contributed by atoms with Crippen LogP contribution in [0.2, 0.25) is 0 Å². The molecular formula is C13H24F3NO. The third kappa shape index (κ3) is 7.93. The molecule has 1 aliphatic rings. The van der Waals surface area contributed by atoms with Crippen LogP contribution in [0.5, 0.6) is 0 Å². The van der Waals surface area contributed by atoms with Crippen LogP contribution in [-0.4, -0.2) is 32.0 Å². The van der Waals surface area contributed by atoms with Crippen molar-refractivity contribution in [2.45, 2.75) is 57.7 Å². The van der Waals surface area contributed by atoms with E-state index in [4.69, 9.17) is 0 Å². The van der Waals surface area contributed by atoms with Gasteiger partial charge in [-0.3, -0.25) is 0 Å². The van der Waals surface area contributed by atoms with E-state index in [0.29, 0.717) is 6.04 Å². The molecule has 18 heavy (non-hydrogen) atoms. The van der Waals surface area contributed by atoms with Crippen LogP contribution in [0.3, 0.4) is 0 Å². The summed E-state index contributed by atoms with van der Waals surface area (Å²) in [5.41, 5.74) is 0. The molecule has 0 aromatic heterocycles. The van der Waals surface area contributed by atoms with Crippen LogP contribution in [0.4, 0.5) is 13.2 Å². The Balaban J connectivity index is 1.91. The maximum atomic E-state index is 11.8. The average Bonchev–Trinajstić information content (AvgIpc) is 3.08. The van der Waals surface area contributed by atoms with E-state index in [1.807, 2.05) is 0 Å². The van der Waals surface area contributed by atoms with Gasteiger partial charge in [0.1, 0.15) is 6.61 Å². The summed E-state index contributed by atoms with van der Waals surface area (Å²) >= 11 is 0. The molecule has 1 aliphatic carbocycles. The Morgan fingerprint density at radius 3 is 2.50 bits per heavy atom. The van der Waals surface area contributed by atoms with Crippen molar-refractivity contribution in [2.75, 3.05) is 19.8 Å². The molecule has 0 aromatic carbocycles. The number of halogens is 3. The van der Waals surface area contributed by atoms with Crippen molar-refractivity contribution in [3.05, 3.63) is 0 Å². The molecule has 5 heteroatoms. The first-order valence-electron chi connectivity index (χ1n) is 6.91. The number of alkyl halides is 3. The third-order valence-corrected chi connectivity index (χ3v) is 3.23. The Hall–Kier alpha value is -0.290. The highest BCUT2D eigenvalue weighted by Crippen LogP contribution is 2.34. The Morgan fingerprint density at radius 2 is 1.94 bits per heavy atom. The topological polar surface area (TPSA) is 21.3 Å². The molecular weight excluding hydrogens is 243 g/mol. The number of rotatable bonds is 10. The van der Waals surface area contributed by atoms with E-state index in [0.717, 1.165) is 38.1 Å². The summed E-state index contributed by atoms with van der Waals surface area (Å²) in [6.07, 6.45) is 2.34. The van der Waals surface area contributed by atoms with Crippen molar-refractivity contribution in [3.8, 4) is 0 Å². The highest BCUT2D eigenvalue weighted by molar-refractivity contribution is 4.85. The van der Waals surface area contributed by atoms with Crippen molar-refractivity contribution < 1.29 is 17.9 Å². The minimum Gasteiger partial charge on any atom is -0.372 e. The van der Waals surface area contributed by atoms with Crippen LogP contribution in [0.1, 0.15) is 45.4 Å². The molecule has 108 valence electrons. The van der Waals surface area contributed by atoms with Gasteiger partial charge in [-0.2, -0.15) is 13.2 Å². The molecule has 0 heterocycles. The molecule has 0 bridgehead atoms. The van der Waals surface area contributed by atoms with E-state index in [-0.39, 0.29) is 6.61 Å². The molecule has 1 rings (SSSR count). The second kappa shape index (κ2) is 8.00. The summed E-state index contributed by atoms with van der Waals surface area (Å²) in [5.74, 6) is 0.839. The van der Waals surface area contributed by atoms with Gasteiger partial charge < -0.3 is 10.1 Å². The summed E-state index contributed by atoms with van der Waals surface area (Å²) < 4.78 is 39.9. The Labute approximate surface area is 107 Å². The molecule has 0 saturated heterocycles. The standard InChI is InChI=1S/C13H24F3NO/c1-2-17-12(11-7-8-11)6-4-3-5-9-18-10-13(14,15)16/h11-12,17H,2-10H2,1H3. The number of nitrogens with one attached hydrogen (secondary N) is 1. The Bertz CT molecular complexity index is 217. The van der Waals surface area contributed by atoms with Crippen LogP contribution in [-0.2, 0) is 4.74 Å². The van der Waals surface area contributed by atoms with E-state index < -0.39 is 12.8 Å². The Morgan fingerprint density at radius 1 is 1.22 bits per heavy atom. The maximum absolute atomic E-state index is 11.8. The van der Waals surface area contributed by atoms with Crippen LogP contribution in [0, 0.1) is 5.92 Å². The first kappa shape index (κ1) is 15.8.